The Hall–Kier alpha value is -1.36. The maximum atomic E-state index is 5.95. The van der Waals surface area contributed by atoms with Crippen molar-refractivity contribution < 1.29 is 9.47 Å². The number of hydrogen-bond acceptors (Lipinski definition) is 4. The van der Waals surface area contributed by atoms with Crippen LogP contribution in [0.15, 0.2) is 30.5 Å². The molecular formula is C14H17ClN2O2. The summed E-state index contributed by atoms with van der Waals surface area (Å²) in [4.78, 5) is 4.30. The molecule has 0 aliphatic rings. The van der Waals surface area contributed by atoms with E-state index >= 15 is 0 Å². The fourth-order valence-corrected chi connectivity index (χ4v) is 1.94. The molecule has 4 nitrogen and oxygen atoms in total. The van der Waals surface area contributed by atoms with Crippen molar-refractivity contribution in [1.82, 2.24) is 4.98 Å². The molecule has 0 aliphatic heterocycles. The highest BCUT2D eigenvalue weighted by Gasteiger charge is 2.01. The van der Waals surface area contributed by atoms with Crippen LogP contribution in [0.1, 0.15) is 0 Å². The summed E-state index contributed by atoms with van der Waals surface area (Å²) in [5, 5.41) is 5.09. The van der Waals surface area contributed by atoms with Gasteiger partial charge in [-0.3, -0.25) is 4.98 Å². The Morgan fingerprint density at radius 3 is 2.95 bits per heavy atom. The molecule has 2 aromatic rings. The second-order valence-corrected chi connectivity index (χ2v) is 4.49. The predicted molar refractivity (Wildman–Crippen MR) is 77.9 cm³/mol. The lowest BCUT2D eigenvalue weighted by Gasteiger charge is -2.10. The average molecular weight is 281 g/mol. The van der Waals surface area contributed by atoms with Crippen molar-refractivity contribution >= 4 is 28.2 Å². The Kier molecular flexibility index (Phi) is 5.39. The van der Waals surface area contributed by atoms with Crippen molar-refractivity contribution in [2.24, 2.45) is 0 Å². The minimum absolute atomic E-state index is 0.616. The van der Waals surface area contributed by atoms with Crippen LogP contribution in [0.3, 0.4) is 0 Å². The highest BCUT2D eigenvalue weighted by molar-refractivity contribution is 6.31. The van der Waals surface area contributed by atoms with E-state index in [0.717, 1.165) is 23.1 Å². The zero-order chi connectivity index (χ0) is 13.5. The fourth-order valence-electron chi connectivity index (χ4n) is 1.78. The summed E-state index contributed by atoms with van der Waals surface area (Å²) < 4.78 is 10.3. The number of ether oxygens (including phenoxy) is 2. The van der Waals surface area contributed by atoms with Crippen LogP contribution in [0.25, 0.3) is 10.9 Å². The van der Waals surface area contributed by atoms with E-state index in [1.807, 2.05) is 24.3 Å². The minimum atomic E-state index is 0.616. The number of anilines is 1. The van der Waals surface area contributed by atoms with E-state index in [1.54, 1.807) is 13.3 Å². The van der Waals surface area contributed by atoms with Crippen LogP contribution in [-0.4, -0.2) is 38.5 Å². The molecule has 0 saturated carbocycles. The van der Waals surface area contributed by atoms with Crippen LogP contribution >= 0.6 is 11.6 Å². The quantitative estimate of drug-likeness (QED) is 0.792. The van der Waals surface area contributed by atoms with Gasteiger partial charge in [-0.05, 0) is 24.3 Å². The lowest BCUT2D eigenvalue weighted by Crippen LogP contribution is -2.12. The first-order valence-electron chi connectivity index (χ1n) is 6.16. The number of halogens is 1. The second-order valence-electron chi connectivity index (χ2n) is 4.05. The molecule has 0 amide bonds. The Morgan fingerprint density at radius 2 is 2.11 bits per heavy atom. The van der Waals surface area contributed by atoms with Crippen LogP contribution in [-0.2, 0) is 9.47 Å². The molecule has 102 valence electrons. The van der Waals surface area contributed by atoms with Crippen LogP contribution in [0.4, 0.5) is 5.69 Å². The van der Waals surface area contributed by atoms with Crippen LogP contribution in [0, 0.1) is 0 Å². The number of nitrogens with zero attached hydrogens (tertiary/aromatic N) is 1. The highest BCUT2D eigenvalue weighted by Crippen LogP contribution is 2.23. The molecule has 2 rings (SSSR count). The first kappa shape index (κ1) is 14.1. The Bertz CT molecular complexity index is 534. The number of hydrogen-bond donors (Lipinski definition) is 1. The van der Waals surface area contributed by atoms with Gasteiger partial charge in [0.15, 0.2) is 0 Å². The van der Waals surface area contributed by atoms with Gasteiger partial charge in [0, 0.05) is 35.9 Å². The summed E-state index contributed by atoms with van der Waals surface area (Å²) in [6.07, 6.45) is 1.77. The van der Waals surface area contributed by atoms with Gasteiger partial charge in [-0.15, -0.1) is 0 Å². The van der Waals surface area contributed by atoms with Gasteiger partial charge in [0.1, 0.15) is 0 Å². The molecule has 0 radical (unpaired) electrons. The monoisotopic (exact) mass is 280 g/mol. The van der Waals surface area contributed by atoms with E-state index in [4.69, 9.17) is 21.1 Å². The summed E-state index contributed by atoms with van der Waals surface area (Å²) in [5.41, 5.74) is 1.93. The molecule has 0 bridgehead atoms. The lowest BCUT2D eigenvalue weighted by atomic mass is 10.2. The highest BCUT2D eigenvalue weighted by atomic mass is 35.5. The van der Waals surface area contributed by atoms with Gasteiger partial charge in [-0.2, -0.15) is 0 Å². The van der Waals surface area contributed by atoms with Gasteiger partial charge < -0.3 is 14.8 Å². The Labute approximate surface area is 117 Å². The summed E-state index contributed by atoms with van der Waals surface area (Å²) in [7, 11) is 1.66. The van der Waals surface area contributed by atoms with Crippen LogP contribution < -0.4 is 5.32 Å². The first-order valence-corrected chi connectivity index (χ1v) is 6.54. The summed E-state index contributed by atoms with van der Waals surface area (Å²) in [6.45, 7) is 2.62. The molecular weight excluding hydrogens is 264 g/mol. The van der Waals surface area contributed by atoms with E-state index in [0.29, 0.717) is 24.8 Å². The number of fused-ring (bicyclic) bond motifs is 1. The number of benzene rings is 1. The predicted octanol–water partition coefficient (Wildman–Crippen LogP) is 2.96. The molecule has 0 saturated heterocycles. The smallest absolute Gasteiger partial charge is 0.0737 e. The van der Waals surface area contributed by atoms with Gasteiger partial charge in [0.2, 0.25) is 0 Å². The summed E-state index contributed by atoms with van der Waals surface area (Å²) in [6, 6.07) is 7.65. The molecule has 1 N–H and O–H groups in total. The van der Waals surface area contributed by atoms with E-state index in [1.165, 1.54) is 0 Å². The molecule has 0 unspecified atom stereocenters. The maximum absolute atomic E-state index is 5.95. The lowest BCUT2D eigenvalue weighted by molar-refractivity contribution is 0.0759. The van der Waals surface area contributed by atoms with Gasteiger partial charge in [-0.25, -0.2) is 0 Å². The van der Waals surface area contributed by atoms with Crippen molar-refractivity contribution in [2.75, 3.05) is 38.8 Å². The van der Waals surface area contributed by atoms with Crippen LogP contribution in [0.5, 0.6) is 0 Å². The van der Waals surface area contributed by atoms with Crippen molar-refractivity contribution in [3.8, 4) is 0 Å². The summed E-state index contributed by atoms with van der Waals surface area (Å²) >= 11 is 5.95. The molecule has 1 aromatic heterocycles. The number of methoxy groups -OCH3 is 1. The largest absolute Gasteiger partial charge is 0.382 e. The maximum Gasteiger partial charge on any atom is 0.0737 e. The van der Waals surface area contributed by atoms with E-state index < -0.39 is 0 Å². The van der Waals surface area contributed by atoms with Crippen molar-refractivity contribution in [3.63, 3.8) is 0 Å². The number of pyridine rings is 1. The zero-order valence-electron chi connectivity index (χ0n) is 10.9. The van der Waals surface area contributed by atoms with Gasteiger partial charge in [-0.1, -0.05) is 11.6 Å². The second kappa shape index (κ2) is 7.28. The van der Waals surface area contributed by atoms with Crippen molar-refractivity contribution in [3.05, 3.63) is 35.5 Å². The Morgan fingerprint density at radius 1 is 1.21 bits per heavy atom. The number of rotatable bonds is 7. The topological polar surface area (TPSA) is 43.4 Å². The van der Waals surface area contributed by atoms with E-state index in [9.17, 15) is 0 Å². The number of nitrogens with one attached hydrogen (secondary N) is 1. The first-order chi connectivity index (χ1) is 9.31. The van der Waals surface area contributed by atoms with Gasteiger partial charge in [0.25, 0.3) is 0 Å². The van der Waals surface area contributed by atoms with Crippen molar-refractivity contribution in [2.45, 2.75) is 0 Å². The molecule has 0 atom stereocenters. The molecule has 1 heterocycles. The third-order valence-corrected chi connectivity index (χ3v) is 2.93. The average Bonchev–Trinajstić information content (AvgIpc) is 2.42. The third-order valence-electron chi connectivity index (χ3n) is 2.70. The van der Waals surface area contributed by atoms with Gasteiger partial charge in [0.05, 0.1) is 25.3 Å². The molecule has 5 heteroatoms. The van der Waals surface area contributed by atoms with Crippen LogP contribution in [0.2, 0.25) is 5.02 Å². The molecule has 19 heavy (non-hydrogen) atoms. The van der Waals surface area contributed by atoms with E-state index in [-0.39, 0.29) is 0 Å². The summed E-state index contributed by atoms with van der Waals surface area (Å²) in [5.74, 6) is 0. The Balaban J connectivity index is 1.93. The molecule has 1 aromatic carbocycles. The molecule has 0 fully saturated rings. The molecule has 0 aliphatic carbocycles. The molecule has 0 spiro atoms. The van der Waals surface area contributed by atoms with Gasteiger partial charge >= 0.3 is 0 Å². The SMILES string of the molecule is COCCOCCNc1ccnc2cc(Cl)ccc12. The van der Waals surface area contributed by atoms with E-state index in [2.05, 4.69) is 10.3 Å². The number of aromatic nitrogens is 1. The standard InChI is InChI=1S/C14H17ClN2O2/c1-18-8-9-19-7-6-17-13-4-5-16-14-10-11(15)2-3-12(13)14/h2-5,10H,6-9H2,1H3,(H,16,17). The van der Waals surface area contributed by atoms with Crippen molar-refractivity contribution in [1.29, 1.82) is 0 Å². The third kappa shape index (κ3) is 4.06. The normalized spacial score (nSPS) is 10.8. The minimum Gasteiger partial charge on any atom is -0.382 e. The fraction of sp³-hybridized carbons (Fsp3) is 0.357. The zero-order valence-corrected chi connectivity index (χ0v) is 11.6.